The van der Waals surface area contributed by atoms with Gasteiger partial charge < -0.3 is 9.73 Å². The predicted octanol–water partition coefficient (Wildman–Crippen LogP) is 2.65. The third-order valence-electron chi connectivity index (χ3n) is 4.52. The number of carbonyl (C=O) groups is 1. The second-order valence-electron chi connectivity index (χ2n) is 6.45. The quantitative estimate of drug-likeness (QED) is 0.581. The Bertz CT molecular complexity index is 1220. The molecular formula is C20H18N4O3. The Labute approximate surface area is 154 Å². The van der Waals surface area contributed by atoms with Crippen LogP contribution < -0.4 is 11.1 Å². The maximum Gasteiger partial charge on any atom is 0.417 e. The number of oxazole rings is 1. The molecule has 7 heteroatoms. The highest BCUT2D eigenvalue weighted by Crippen LogP contribution is 2.15. The van der Waals surface area contributed by atoms with E-state index in [9.17, 15) is 9.59 Å². The molecule has 0 saturated carbocycles. The number of fused-ring (bicyclic) bond motifs is 2. The minimum absolute atomic E-state index is 0.158. The van der Waals surface area contributed by atoms with Crippen LogP contribution in [-0.2, 0) is 6.42 Å². The number of hydrogen-bond acceptors (Lipinski definition) is 5. The lowest BCUT2D eigenvalue weighted by molar-refractivity contribution is 0.0954. The summed E-state index contributed by atoms with van der Waals surface area (Å²) in [6.07, 6.45) is 0.639. The van der Waals surface area contributed by atoms with E-state index < -0.39 is 5.76 Å². The van der Waals surface area contributed by atoms with Gasteiger partial charge in [0.1, 0.15) is 0 Å². The first-order chi connectivity index (χ1) is 13.0. The van der Waals surface area contributed by atoms with Gasteiger partial charge in [-0.25, -0.2) is 14.8 Å². The van der Waals surface area contributed by atoms with Gasteiger partial charge in [0.25, 0.3) is 5.91 Å². The lowest BCUT2D eigenvalue weighted by Gasteiger charge is -2.07. The maximum atomic E-state index is 12.4. The molecule has 0 spiro atoms. The van der Waals surface area contributed by atoms with E-state index in [1.165, 1.54) is 0 Å². The largest absolute Gasteiger partial charge is 0.417 e. The fourth-order valence-corrected chi connectivity index (χ4v) is 2.95. The second-order valence-corrected chi connectivity index (χ2v) is 6.45. The van der Waals surface area contributed by atoms with Crippen LogP contribution in [0.1, 0.15) is 27.3 Å². The fraction of sp³-hybridized carbons (Fsp3) is 0.200. The highest BCUT2D eigenvalue weighted by Gasteiger charge is 2.09. The number of hydrogen-bond donors (Lipinski definition) is 2. The summed E-state index contributed by atoms with van der Waals surface area (Å²) < 4.78 is 4.98. The summed E-state index contributed by atoms with van der Waals surface area (Å²) in [6, 6.07) is 10.8. The smallest absolute Gasteiger partial charge is 0.408 e. The van der Waals surface area contributed by atoms with Gasteiger partial charge in [0.15, 0.2) is 5.58 Å². The Morgan fingerprint density at radius 1 is 1.07 bits per heavy atom. The first-order valence-corrected chi connectivity index (χ1v) is 8.64. The van der Waals surface area contributed by atoms with E-state index in [0.29, 0.717) is 35.1 Å². The van der Waals surface area contributed by atoms with Crippen molar-refractivity contribution in [1.29, 1.82) is 0 Å². The molecule has 0 unspecified atom stereocenters. The molecule has 0 fully saturated rings. The zero-order chi connectivity index (χ0) is 19.0. The van der Waals surface area contributed by atoms with Crippen molar-refractivity contribution >= 4 is 28.0 Å². The normalized spacial score (nSPS) is 11.2. The number of aromatic amines is 1. The first-order valence-electron chi connectivity index (χ1n) is 8.64. The monoisotopic (exact) mass is 362 g/mol. The number of nitrogens with zero attached hydrogens (tertiary/aromatic N) is 2. The Balaban J connectivity index is 1.44. The van der Waals surface area contributed by atoms with E-state index in [2.05, 4.69) is 20.3 Å². The van der Waals surface area contributed by atoms with Crippen LogP contribution in [0, 0.1) is 13.8 Å². The van der Waals surface area contributed by atoms with Crippen LogP contribution in [-0.4, -0.2) is 27.4 Å². The molecule has 1 amide bonds. The Morgan fingerprint density at radius 3 is 2.67 bits per heavy atom. The van der Waals surface area contributed by atoms with Crippen molar-refractivity contribution in [2.45, 2.75) is 20.3 Å². The van der Waals surface area contributed by atoms with Gasteiger partial charge in [-0.2, -0.15) is 0 Å². The molecule has 2 aromatic carbocycles. The van der Waals surface area contributed by atoms with Crippen molar-refractivity contribution in [2.24, 2.45) is 0 Å². The fourth-order valence-electron chi connectivity index (χ4n) is 2.95. The molecule has 2 aromatic heterocycles. The molecule has 0 atom stereocenters. The Hall–Kier alpha value is -3.48. The summed E-state index contributed by atoms with van der Waals surface area (Å²) >= 11 is 0. The van der Waals surface area contributed by atoms with E-state index >= 15 is 0 Å². The van der Waals surface area contributed by atoms with Crippen LogP contribution >= 0.6 is 0 Å². The predicted molar refractivity (Wildman–Crippen MR) is 102 cm³/mol. The molecule has 2 N–H and O–H groups in total. The summed E-state index contributed by atoms with van der Waals surface area (Å²) in [4.78, 5) is 35.2. The average molecular weight is 362 g/mol. The van der Waals surface area contributed by atoms with E-state index in [1.54, 1.807) is 18.2 Å². The number of nitrogens with one attached hydrogen (secondary N) is 2. The summed E-state index contributed by atoms with van der Waals surface area (Å²) in [5.74, 6) is -0.630. The van der Waals surface area contributed by atoms with Gasteiger partial charge in [-0.05, 0) is 56.2 Å². The summed E-state index contributed by atoms with van der Waals surface area (Å²) in [6.45, 7) is 4.29. The summed E-state index contributed by atoms with van der Waals surface area (Å²) in [5, 5.41) is 2.91. The highest BCUT2D eigenvalue weighted by molar-refractivity contribution is 5.97. The number of amides is 1. The van der Waals surface area contributed by atoms with Gasteiger partial charge in [0.2, 0.25) is 0 Å². The third-order valence-corrected chi connectivity index (χ3v) is 4.52. The Morgan fingerprint density at radius 2 is 1.85 bits per heavy atom. The van der Waals surface area contributed by atoms with E-state index in [0.717, 1.165) is 22.5 Å². The number of carbonyl (C=O) groups excluding carboxylic acids is 1. The third kappa shape index (κ3) is 3.44. The van der Waals surface area contributed by atoms with Crippen LogP contribution in [0.5, 0.6) is 0 Å². The van der Waals surface area contributed by atoms with E-state index in [-0.39, 0.29) is 5.91 Å². The molecule has 0 radical (unpaired) electrons. The molecule has 7 nitrogen and oxygen atoms in total. The maximum absolute atomic E-state index is 12.4. The van der Waals surface area contributed by atoms with Gasteiger partial charge >= 0.3 is 5.76 Å². The molecule has 0 aliphatic heterocycles. The van der Waals surface area contributed by atoms with Gasteiger partial charge in [-0.15, -0.1) is 0 Å². The first kappa shape index (κ1) is 17.0. The van der Waals surface area contributed by atoms with Gasteiger partial charge in [-0.1, -0.05) is 6.07 Å². The Kier molecular flexibility index (Phi) is 4.19. The number of rotatable bonds is 4. The van der Waals surface area contributed by atoms with Crippen molar-refractivity contribution in [3.8, 4) is 0 Å². The molecule has 27 heavy (non-hydrogen) atoms. The minimum atomic E-state index is -0.472. The lowest BCUT2D eigenvalue weighted by Crippen LogP contribution is -2.25. The summed E-state index contributed by atoms with van der Waals surface area (Å²) in [7, 11) is 0. The second kappa shape index (κ2) is 6.68. The number of benzene rings is 2. The van der Waals surface area contributed by atoms with E-state index in [4.69, 9.17) is 4.42 Å². The number of H-pyrrole nitrogens is 1. The molecule has 0 aliphatic rings. The van der Waals surface area contributed by atoms with Crippen molar-refractivity contribution in [1.82, 2.24) is 20.3 Å². The van der Waals surface area contributed by atoms with Crippen LogP contribution in [0.2, 0.25) is 0 Å². The van der Waals surface area contributed by atoms with Crippen LogP contribution in [0.25, 0.3) is 22.1 Å². The number of aromatic nitrogens is 3. The van der Waals surface area contributed by atoms with Gasteiger partial charge in [-0.3, -0.25) is 9.78 Å². The van der Waals surface area contributed by atoms with E-state index in [1.807, 2.05) is 32.0 Å². The molecule has 0 aliphatic carbocycles. The highest BCUT2D eigenvalue weighted by atomic mass is 16.4. The standard InChI is InChI=1S/C20H18N4O3/c1-11-12(2)23-16-10-14(4-5-15(16)22-11)19(25)21-8-7-13-3-6-18-17(9-13)24-20(26)27-18/h3-6,9-10H,7-8H2,1-2H3,(H,21,25)(H,24,26). The molecule has 4 aromatic rings. The van der Waals surface area contributed by atoms with Crippen molar-refractivity contribution < 1.29 is 9.21 Å². The molecule has 136 valence electrons. The zero-order valence-corrected chi connectivity index (χ0v) is 15.0. The van der Waals surface area contributed by atoms with Crippen molar-refractivity contribution in [3.05, 3.63) is 69.5 Å². The van der Waals surface area contributed by atoms with Crippen molar-refractivity contribution in [2.75, 3.05) is 6.54 Å². The molecule has 0 bridgehead atoms. The van der Waals surface area contributed by atoms with Crippen LogP contribution in [0.15, 0.2) is 45.6 Å². The average Bonchev–Trinajstić information content (AvgIpc) is 3.01. The lowest BCUT2D eigenvalue weighted by atomic mass is 10.1. The SMILES string of the molecule is Cc1nc2ccc(C(=O)NCCc3ccc4oc(=O)[nH]c4c3)cc2nc1C. The molecule has 4 rings (SSSR count). The van der Waals surface area contributed by atoms with Crippen LogP contribution in [0.3, 0.4) is 0 Å². The molecule has 2 heterocycles. The van der Waals surface area contributed by atoms with Gasteiger partial charge in [0.05, 0.1) is 27.9 Å². The molecule has 0 saturated heterocycles. The summed E-state index contributed by atoms with van der Waals surface area (Å²) in [5.41, 5.74) is 5.95. The topological polar surface area (TPSA) is 101 Å². The van der Waals surface area contributed by atoms with Crippen molar-refractivity contribution in [3.63, 3.8) is 0 Å². The molecular weight excluding hydrogens is 344 g/mol. The number of aryl methyl sites for hydroxylation is 2. The van der Waals surface area contributed by atoms with Gasteiger partial charge in [0, 0.05) is 12.1 Å². The zero-order valence-electron chi connectivity index (χ0n) is 15.0. The minimum Gasteiger partial charge on any atom is -0.408 e. The van der Waals surface area contributed by atoms with Crippen LogP contribution in [0.4, 0.5) is 0 Å².